The van der Waals surface area contributed by atoms with Crippen molar-refractivity contribution in [1.29, 1.82) is 21.0 Å². The molecule has 0 radical (unpaired) electrons. The highest BCUT2D eigenvalue weighted by molar-refractivity contribution is 6.30. The number of fused-ring (bicyclic) bond motifs is 28. The molecule has 0 amide bonds. The van der Waals surface area contributed by atoms with E-state index in [1.54, 1.807) is 0 Å². The van der Waals surface area contributed by atoms with Crippen LogP contribution in [0.4, 0.5) is 0 Å². The van der Waals surface area contributed by atoms with Crippen molar-refractivity contribution in [3.8, 4) is 91.5 Å². The fraction of sp³-hybridized carbons (Fsp3) is 0.00935. The van der Waals surface area contributed by atoms with Gasteiger partial charge in [0, 0.05) is 81.3 Å². The Bertz CT molecular complexity index is 9060. The van der Waals surface area contributed by atoms with Gasteiger partial charge in [-0.2, -0.15) is 21.0 Å². The third-order valence-corrected chi connectivity index (χ3v) is 24.9. The lowest BCUT2D eigenvalue weighted by Crippen LogP contribution is -2.11. The standard InChI is InChI=1S/C107H56N8O4/c1-59-77(55-108)78(56-109)93(60-23-5-2-6-24-60)101(100(59)112-81-35-17-11-31-71(81)96-85(112)47-43-67-65-29-15-21-39-89(65)116-104(67)96)113-82-36-18-12-32-72(82)98-86(113)49-45-69-75-53-63(41-51-91(75)118-106(69)98)64-42-52-92-76(54-64)70-46-50-88-99(107(70)119-92)74-34-14-20-38-84(74)115(88)103-95(62-27-9-4-10-28-62)80(58-111)79(57-110)94(61-25-7-3-8-26-61)102(103)114-83-37-19-13-33-73(83)97-87(114)48-44-68-66-30-16-22-40-90(66)117-105(68)97/h2-54H,1H3. The molecule has 12 nitrogen and oxygen atoms in total. The van der Waals surface area contributed by atoms with E-state index < -0.39 is 0 Å². The first kappa shape index (κ1) is 65.6. The summed E-state index contributed by atoms with van der Waals surface area (Å²) in [6, 6.07) is 120. The summed E-state index contributed by atoms with van der Waals surface area (Å²) < 4.78 is 37.5. The topological polar surface area (TPSA) is 167 Å². The minimum absolute atomic E-state index is 0.252. The van der Waals surface area contributed by atoms with Crippen LogP contribution < -0.4 is 0 Å². The van der Waals surface area contributed by atoms with Crippen LogP contribution in [0.3, 0.4) is 0 Å². The molecule has 12 heteroatoms. The summed E-state index contributed by atoms with van der Waals surface area (Å²) in [6.45, 7) is 1.97. The average Bonchev–Trinajstić information content (AvgIpc) is 1.55. The van der Waals surface area contributed by atoms with Gasteiger partial charge in [0.15, 0.2) is 0 Å². The third kappa shape index (κ3) is 8.84. The SMILES string of the molecule is Cc1c(C#N)c(C#N)c(-c2ccccc2)c(-n2c3ccccc3c3c4oc5ccc(-c6ccc7oc8c(ccc9c8c8ccccc8n9-c8c(-c9ccccc9)c(C#N)c(C#N)c(-c9ccccc9)c8-n8c9ccccc9c9c%10oc%11ccccc%11c%10ccc98)c7c6)cc5c4ccc32)c1-n1c2ccccc2c2c3oc4ccccc4c3ccc21. The van der Waals surface area contributed by atoms with E-state index in [0.717, 1.165) is 197 Å². The first-order valence-electron chi connectivity index (χ1n) is 39.5. The lowest BCUT2D eigenvalue weighted by atomic mass is 9.86. The van der Waals surface area contributed by atoms with Crippen molar-refractivity contribution in [3.63, 3.8) is 0 Å². The Kier molecular flexibility index (Phi) is 13.5. The average molecular weight is 1520 g/mol. The van der Waals surface area contributed by atoms with Gasteiger partial charge in [-0.05, 0) is 149 Å². The zero-order chi connectivity index (χ0) is 78.7. The molecule has 0 bridgehead atoms. The van der Waals surface area contributed by atoms with Crippen LogP contribution in [0.15, 0.2) is 339 Å². The fourth-order valence-electron chi connectivity index (χ4n) is 20.0. The Balaban J connectivity index is 0.699. The van der Waals surface area contributed by atoms with E-state index in [9.17, 15) is 21.0 Å². The highest BCUT2D eigenvalue weighted by Crippen LogP contribution is 2.55. The Morgan fingerprint density at radius 3 is 0.798 bits per heavy atom. The van der Waals surface area contributed by atoms with E-state index in [0.29, 0.717) is 55.9 Å². The molecule has 17 aromatic carbocycles. The summed E-state index contributed by atoms with van der Waals surface area (Å²) in [5.41, 5.74) is 23.7. The first-order valence-corrected chi connectivity index (χ1v) is 39.5. The van der Waals surface area contributed by atoms with Gasteiger partial charge in [0.25, 0.3) is 0 Å². The number of hydrogen-bond donors (Lipinski definition) is 0. The monoisotopic (exact) mass is 1520 g/mol. The van der Waals surface area contributed by atoms with Crippen molar-refractivity contribution in [1.82, 2.24) is 18.3 Å². The second-order valence-corrected chi connectivity index (χ2v) is 30.8. The summed E-state index contributed by atoms with van der Waals surface area (Å²) >= 11 is 0. The van der Waals surface area contributed by atoms with Crippen molar-refractivity contribution >= 4 is 175 Å². The van der Waals surface area contributed by atoms with E-state index in [4.69, 9.17) is 17.7 Å². The molecule has 0 aliphatic carbocycles. The largest absolute Gasteiger partial charge is 0.455 e. The minimum Gasteiger partial charge on any atom is -0.455 e. The van der Waals surface area contributed by atoms with Gasteiger partial charge < -0.3 is 35.9 Å². The number of rotatable bonds is 8. The van der Waals surface area contributed by atoms with Crippen LogP contribution in [0.25, 0.3) is 242 Å². The first-order chi connectivity index (χ1) is 58.9. The van der Waals surface area contributed by atoms with Gasteiger partial charge in [0.1, 0.15) is 68.9 Å². The summed E-state index contributed by atoms with van der Waals surface area (Å²) in [5, 5.41) is 62.1. The van der Waals surface area contributed by atoms with Crippen LogP contribution in [0.2, 0.25) is 0 Å². The van der Waals surface area contributed by atoms with Crippen LogP contribution in [-0.4, -0.2) is 18.3 Å². The second-order valence-electron chi connectivity index (χ2n) is 30.8. The Morgan fingerprint density at radius 2 is 0.471 bits per heavy atom. The van der Waals surface area contributed by atoms with Crippen LogP contribution in [0.1, 0.15) is 27.8 Å². The summed E-state index contributed by atoms with van der Waals surface area (Å²) in [7, 11) is 0. The number of benzene rings is 17. The maximum absolute atomic E-state index is 11.9. The van der Waals surface area contributed by atoms with E-state index in [1.165, 1.54) is 0 Å². The highest BCUT2D eigenvalue weighted by Gasteiger charge is 2.36. The summed E-state index contributed by atoms with van der Waals surface area (Å²) in [5.74, 6) is 0. The molecule has 0 saturated heterocycles. The predicted molar refractivity (Wildman–Crippen MR) is 478 cm³/mol. The van der Waals surface area contributed by atoms with Gasteiger partial charge in [0.2, 0.25) is 0 Å². The van der Waals surface area contributed by atoms with Gasteiger partial charge in [0.05, 0.1) is 111 Å². The van der Waals surface area contributed by atoms with Crippen LogP contribution in [0.5, 0.6) is 0 Å². The molecule has 8 heterocycles. The van der Waals surface area contributed by atoms with E-state index >= 15 is 0 Å². The molecule has 25 aromatic rings. The lowest BCUT2D eigenvalue weighted by Gasteiger charge is -2.26. The number of nitrogens with zero attached hydrogens (tertiary/aromatic N) is 8. The quantitative estimate of drug-likeness (QED) is 0.145. The normalized spacial score (nSPS) is 12.0. The third-order valence-electron chi connectivity index (χ3n) is 24.9. The Morgan fingerprint density at radius 1 is 0.210 bits per heavy atom. The molecule has 0 saturated carbocycles. The number of furan rings is 4. The van der Waals surface area contributed by atoms with Crippen molar-refractivity contribution < 1.29 is 17.7 Å². The number of para-hydroxylation sites is 6. The molecule has 0 fully saturated rings. The molecule has 0 spiro atoms. The van der Waals surface area contributed by atoms with E-state index in [-0.39, 0.29) is 16.7 Å². The van der Waals surface area contributed by atoms with Crippen molar-refractivity contribution in [2.45, 2.75) is 6.92 Å². The molecule has 0 aliphatic rings. The van der Waals surface area contributed by atoms with Gasteiger partial charge >= 0.3 is 0 Å². The molecule has 0 aliphatic heterocycles. The summed E-state index contributed by atoms with van der Waals surface area (Å²) in [6.07, 6.45) is 0. The fourth-order valence-corrected chi connectivity index (χ4v) is 20.0. The summed E-state index contributed by atoms with van der Waals surface area (Å²) in [4.78, 5) is 0. The van der Waals surface area contributed by atoms with E-state index in [1.807, 2.05) is 134 Å². The molecular formula is C107H56N8O4. The van der Waals surface area contributed by atoms with E-state index in [2.05, 4.69) is 237 Å². The Hall–Kier alpha value is -16.9. The van der Waals surface area contributed by atoms with Crippen LogP contribution in [-0.2, 0) is 0 Å². The number of aromatic nitrogens is 4. The van der Waals surface area contributed by atoms with Crippen LogP contribution >= 0.6 is 0 Å². The van der Waals surface area contributed by atoms with Crippen molar-refractivity contribution in [2.75, 3.05) is 0 Å². The zero-order valence-corrected chi connectivity index (χ0v) is 63.3. The predicted octanol–water partition coefficient (Wildman–Crippen LogP) is 28.1. The maximum atomic E-state index is 11.9. The van der Waals surface area contributed by atoms with Gasteiger partial charge in [-0.1, -0.05) is 212 Å². The van der Waals surface area contributed by atoms with Crippen molar-refractivity contribution in [3.05, 3.63) is 349 Å². The Labute approximate surface area is 675 Å². The minimum atomic E-state index is 0.252. The second kappa shape index (κ2) is 24.6. The zero-order valence-electron chi connectivity index (χ0n) is 63.3. The molecule has 0 unspecified atom stereocenters. The highest BCUT2D eigenvalue weighted by atomic mass is 16.3. The van der Waals surface area contributed by atoms with Crippen LogP contribution in [0, 0.1) is 52.2 Å². The molecule has 548 valence electrons. The lowest BCUT2D eigenvalue weighted by molar-refractivity contribution is 0.672. The van der Waals surface area contributed by atoms with Crippen molar-refractivity contribution in [2.24, 2.45) is 0 Å². The maximum Gasteiger partial charge on any atom is 0.145 e. The molecular weight excluding hydrogens is 1460 g/mol. The van der Waals surface area contributed by atoms with Gasteiger partial charge in [-0.3, -0.25) is 0 Å². The number of hydrogen-bond acceptors (Lipinski definition) is 8. The smallest absolute Gasteiger partial charge is 0.145 e. The van der Waals surface area contributed by atoms with Gasteiger partial charge in [-0.25, -0.2) is 0 Å². The molecule has 25 rings (SSSR count). The molecule has 0 N–H and O–H groups in total. The van der Waals surface area contributed by atoms with Gasteiger partial charge in [-0.15, -0.1) is 0 Å². The molecule has 8 aromatic heterocycles. The number of nitriles is 4. The molecule has 119 heavy (non-hydrogen) atoms. The molecule has 0 atom stereocenters.